The summed E-state index contributed by atoms with van der Waals surface area (Å²) in [4.78, 5) is 11.9. The van der Waals surface area contributed by atoms with Gasteiger partial charge in [0, 0.05) is 13.0 Å². The van der Waals surface area contributed by atoms with Crippen LogP contribution in [-0.4, -0.2) is 49.8 Å². The van der Waals surface area contributed by atoms with Crippen LogP contribution < -0.4 is 10.6 Å². The minimum Gasteiger partial charge on any atom is -0.394 e. The lowest BCUT2D eigenvalue weighted by atomic mass is 10.1. The molecule has 22 heavy (non-hydrogen) atoms. The number of benzene rings is 1. The van der Waals surface area contributed by atoms with Gasteiger partial charge in [-0.15, -0.1) is 0 Å². The maximum atomic E-state index is 11.9. The lowest BCUT2D eigenvalue weighted by molar-refractivity contribution is -0.0549. The third kappa shape index (κ3) is 5.14. The van der Waals surface area contributed by atoms with E-state index >= 15 is 0 Å². The van der Waals surface area contributed by atoms with Crippen LogP contribution in [0.1, 0.15) is 12.0 Å². The second-order valence-electron chi connectivity index (χ2n) is 5.08. The lowest BCUT2D eigenvalue weighted by Crippen LogP contribution is -2.45. The van der Waals surface area contributed by atoms with Crippen molar-refractivity contribution in [1.82, 2.24) is 10.6 Å². The Bertz CT molecular complexity index is 486. The van der Waals surface area contributed by atoms with E-state index in [0.29, 0.717) is 26.2 Å². The smallest absolute Gasteiger partial charge is 0.315 e. The van der Waals surface area contributed by atoms with E-state index in [4.69, 9.17) is 9.47 Å². The number of hydrogen-bond donors (Lipinski definition) is 3. The van der Waals surface area contributed by atoms with Crippen LogP contribution in [0.15, 0.2) is 36.9 Å². The molecule has 1 aliphatic heterocycles. The first-order valence-electron chi connectivity index (χ1n) is 7.30. The van der Waals surface area contributed by atoms with Crippen LogP contribution >= 0.6 is 0 Å². The van der Waals surface area contributed by atoms with Crippen molar-refractivity contribution in [3.05, 3.63) is 42.5 Å². The van der Waals surface area contributed by atoms with E-state index in [1.807, 2.05) is 30.3 Å². The third-order valence-electron chi connectivity index (χ3n) is 3.37. The Kier molecular flexibility index (Phi) is 6.39. The normalized spacial score (nSPS) is 16.2. The highest BCUT2D eigenvalue weighted by Gasteiger charge is 2.22. The molecule has 0 aromatic heterocycles. The fourth-order valence-electron chi connectivity index (χ4n) is 2.15. The number of amides is 2. The predicted molar refractivity (Wildman–Crippen MR) is 83.2 cm³/mol. The number of ether oxygens (including phenoxy) is 2. The van der Waals surface area contributed by atoms with Gasteiger partial charge in [0.15, 0.2) is 6.29 Å². The van der Waals surface area contributed by atoms with Gasteiger partial charge in [-0.1, -0.05) is 36.9 Å². The molecule has 1 saturated heterocycles. The molecule has 6 heteroatoms. The van der Waals surface area contributed by atoms with E-state index in [2.05, 4.69) is 17.2 Å². The molecule has 0 unspecified atom stereocenters. The van der Waals surface area contributed by atoms with E-state index in [9.17, 15) is 9.90 Å². The van der Waals surface area contributed by atoms with Crippen molar-refractivity contribution < 1.29 is 19.4 Å². The number of carbonyl (C=O) groups excluding carboxylic acids is 1. The molecule has 1 aliphatic rings. The summed E-state index contributed by atoms with van der Waals surface area (Å²) in [5.74, 6) is 0. The van der Waals surface area contributed by atoms with Gasteiger partial charge in [0.25, 0.3) is 0 Å². The van der Waals surface area contributed by atoms with Crippen LogP contribution in [0.25, 0.3) is 5.57 Å². The molecule has 1 aromatic carbocycles. The Morgan fingerprint density at radius 2 is 2.00 bits per heavy atom. The monoisotopic (exact) mass is 306 g/mol. The van der Waals surface area contributed by atoms with Crippen molar-refractivity contribution in [2.45, 2.75) is 18.8 Å². The maximum absolute atomic E-state index is 11.9. The Balaban J connectivity index is 1.73. The SMILES string of the molecule is C=C(CNC(=O)N[C@H](CO)CC1OCCO1)c1ccccc1. The Labute approximate surface area is 130 Å². The summed E-state index contributed by atoms with van der Waals surface area (Å²) >= 11 is 0. The predicted octanol–water partition coefficient (Wildman–Crippen LogP) is 1.12. The van der Waals surface area contributed by atoms with Crippen LogP contribution in [0.3, 0.4) is 0 Å². The van der Waals surface area contributed by atoms with Gasteiger partial charge in [-0.3, -0.25) is 0 Å². The van der Waals surface area contributed by atoms with E-state index in [1.54, 1.807) is 0 Å². The summed E-state index contributed by atoms with van der Waals surface area (Å²) in [5.41, 5.74) is 1.80. The zero-order chi connectivity index (χ0) is 15.8. The quantitative estimate of drug-likeness (QED) is 0.705. The van der Waals surface area contributed by atoms with Gasteiger partial charge in [-0.25, -0.2) is 4.79 Å². The number of nitrogens with one attached hydrogen (secondary N) is 2. The average Bonchev–Trinajstić information content (AvgIpc) is 3.05. The van der Waals surface area contributed by atoms with E-state index in [1.165, 1.54) is 0 Å². The minimum atomic E-state index is -0.409. The number of aliphatic hydroxyl groups is 1. The van der Waals surface area contributed by atoms with Crippen molar-refractivity contribution in [1.29, 1.82) is 0 Å². The number of aliphatic hydroxyl groups excluding tert-OH is 1. The molecule has 6 nitrogen and oxygen atoms in total. The van der Waals surface area contributed by atoms with Crippen LogP contribution in [-0.2, 0) is 9.47 Å². The van der Waals surface area contributed by atoms with Gasteiger partial charge in [-0.2, -0.15) is 0 Å². The molecule has 0 aliphatic carbocycles. The van der Waals surface area contributed by atoms with Crippen molar-refractivity contribution in [3.63, 3.8) is 0 Å². The van der Waals surface area contributed by atoms with E-state index in [0.717, 1.165) is 11.1 Å². The molecule has 1 aromatic rings. The summed E-state index contributed by atoms with van der Waals surface area (Å²) in [5, 5.41) is 14.7. The fourth-order valence-corrected chi connectivity index (χ4v) is 2.15. The van der Waals surface area contributed by atoms with E-state index in [-0.39, 0.29) is 18.9 Å². The van der Waals surface area contributed by atoms with Crippen molar-refractivity contribution >= 4 is 11.6 Å². The highest BCUT2D eigenvalue weighted by Crippen LogP contribution is 2.11. The molecule has 2 amide bonds. The molecule has 1 atom stereocenters. The average molecular weight is 306 g/mol. The number of urea groups is 1. The molecule has 0 saturated carbocycles. The second kappa shape index (κ2) is 8.53. The third-order valence-corrected chi connectivity index (χ3v) is 3.37. The first-order chi connectivity index (χ1) is 10.7. The van der Waals surface area contributed by atoms with Gasteiger partial charge >= 0.3 is 6.03 Å². The summed E-state index contributed by atoms with van der Waals surface area (Å²) in [7, 11) is 0. The second-order valence-corrected chi connectivity index (χ2v) is 5.08. The first kappa shape index (κ1) is 16.5. The van der Waals surface area contributed by atoms with Crippen molar-refractivity contribution in [2.24, 2.45) is 0 Å². The van der Waals surface area contributed by atoms with Gasteiger partial charge in [0.05, 0.1) is 25.9 Å². The van der Waals surface area contributed by atoms with Crippen molar-refractivity contribution in [3.8, 4) is 0 Å². The topological polar surface area (TPSA) is 79.8 Å². The largest absolute Gasteiger partial charge is 0.394 e. The molecule has 0 radical (unpaired) electrons. The molecular weight excluding hydrogens is 284 g/mol. The summed E-state index contributed by atoms with van der Waals surface area (Å²) in [6.07, 6.45) is 0.0561. The molecule has 3 N–H and O–H groups in total. The number of rotatable bonds is 7. The van der Waals surface area contributed by atoms with Gasteiger partial charge in [0.1, 0.15) is 0 Å². The number of carbonyl (C=O) groups is 1. The molecule has 0 bridgehead atoms. The molecule has 2 rings (SSSR count). The van der Waals surface area contributed by atoms with Crippen LogP contribution in [0.4, 0.5) is 4.79 Å². The molecule has 1 fully saturated rings. The molecule has 0 spiro atoms. The van der Waals surface area contributed by atoms with E-state index < -0.39 is 6.04 Å². The zero-order valence-corrected chi connectivity index (χ0v) is 12.5. The van der Waals surface area contributed by atoms with Crippen molar-refractivity contribution in [2.75, 3.05) is 26.4 Å². The summed E-state index contributed by atoms with van der Waals surface area (Å²) in [6.45, 7) is 5.21. The molecule has 1 heterocycles. The zero-order valence-electron chi connectivity index (χ0n) is 12.5. The Morgan fingerprint density at radius 1 is 1.32 bits per heavy atom. The Hall–Kier alpha value is -1.89. The van der Waals surface area contributed by atoms with Crippen LogP contribution in [0, 0.1) is 0 Å². The minimum absolute atomic E-state index is 0.170. The highest BCUT2D eigenvalue weighted by atomic mass is 16.7. The van der Waals surface area contributed by atoms with Crippen LogP contribution in [0.2, 0.25) is 0 Å². The summed E-state index contributed by atoms with van der Waals surface area (Å²) in [6, 6.07) is 8.88. The summed E-state index contributed by atoms with van der Waals surface area (Å²) < 4.78 is 10.6. The van der Waals surface area contributed by atoms with Crippen LogP contribution in [0.5, 0.6) is 0 Å². The standard InChI is InChI=1S/C16H22N2O4/c1-12(13-5-3-2-4-6-13)10-17-16(20)18-14(11-19)9-15-21-7-8-22-15/h2-6,14-15,19H,1,7-11H2,(H2,17,18,20)/t14-/m0/s1. The van der Waals surface area contributed by atoms with Gasteiger partial charge in [0.2, 0.25) is 0 Å². The Morgan fingerprint density at radius 3 is 2.64 bits per heavy atom. The fraction of sp³-hybridized carbons (Fsp3) is 0.438. The molecular formula is C16H22N2O4. The molecule has 120 valence electrons. The maximum Gasteiger partial charge on any atom is 0.315 e. The van der Waals surface area contributed by atoms with Gasteiger partial charge in [-0.05, 0) is 11.1 Å². The highest BCUT2D eigenvalue weighted by molar-refractivity contribution is 5.77. The van der Waals surface area contributed by atoms with Gasteiger partial charge < -0.3 is 25.2 Å². The number of hydrogen-bond acceptors (Lipinski definition) is 4. The lowest BCUT2D eigenvalue weighted by Gasteiger charge is -2.19. The first-order valence-corrected chi connectivity index (χ1v) is 7.30.